The molecular formula is C8H16BrNO2. The highest BCUT2D eigenvalue weighted by molar-refractivity contribution is 9.09. The molecule has 0 fully saturated rings. The number of alkyl halides is 1. The Hall–Kier alpha value is -0.350. The van der Waals surface area contributed by atoms with Crippen LogP contribution in [-0.4, -0.2) is 22.4 Å². The van der Waals surface area contributed by atoms with E-state index >= 15 is 0 Å². The van der Waals surface area contributed by atoms with E-state index in [1.54, 1.807) is 19.9 Å². The zero-order valence-corrected chi connectivity index (χ0v) is 9.04. The molecule has 0 aliphatic rings. The van der Waals surface area contributed by atoms with Crippen LogP contribution in [0.2, 0.25) is 0 Å². The second-order valence-corrected chi connectivity index (χ2v) is 3.20. The van der Waals surface area contributed by atoms with E-state index in [1.807, 2.05) is 0 Å². The zero-order valence-electron chi connectivity index (χ0n) is 7.46. The number of carbonyl (C=O) groups is 1. The minimum absolute atomic E-state index is 0.0208. The predicted molar refractivity (Wildman–Crippen MR) is 54.4 cm³/mol. The molecule has 12 heavy (non-hydrogen) atoms. The fraction of sp³-hybridized carbons (Fsp3) is 0.625. The van der Waals surface area contributed by atoms with Crippen LogP contribution in [0.3, 0.4) is 0 Å². The highest BCUT2D eigenvalue weighted by atomic mass is 79.9. The Morgan fingerprint density at radius 1 is 1.75 bits per heavy atom. The van der Waals surface area contributed by atoms with Crippen molar-refractivity contribution in [2.24, 2.45) is 11.7 Å². The van der Waals surface area contributed by atoms with E-state index in [0.717, 1.165) is 5.33 Å². The van der Waals surface area contributed by atoms with Crippen molar-refractivity contribution in [1.29, 1.82) is 0 Å². The summed E-state index contributed by atoms with van der Waals surface area (Å²) in [4.78, 5) is 10.0. The molecule has 0 bridgehead atoms. The third-order valence-electron chi connectivity index (χ3n) is 1.11. The van der Waals surface area contributed by atoms with Crippen LogP contribution in [0, 0.1) is 5.92 Å². The number of carboxylic acids is 1. The van der Waals surface area contributed by atoms with Gasteiger partial charge in [-0.2, -0.15) is 0 Å². The minimum Gasteiger partial charge on any atom is -0.480 e. The van der Waals surface area contributed by atoms with Crippen LogP contribution >= 0.6 is 15.9 Å². The van der Waals surface area contributed by atoms with Crippen molar-refractivity contribution in [3.63, 3.8) is 0 Å². The first-order chi connectivity index (χ1) is 5.47. The summed E-state index contributed by atoms with van der Waals surface area (Å²) in [5.41, 5.74) is 5.16. The second kappa shape index (κ2) is 8.74. The van der Waals surface area contributed by atoms with E-state index in [4.69, 9.17) is 10.8 Å². The average Bonchev–Trinajstić information content (AvgIpc) is 2.03. The van der Waals surface area contributed by atoms with E-state index in [9.17, 15) is 4.79 Å². The number of hydrogen-bond donors (Lipinski definition) is 2. The summed E-state index contributed by atoms with van der Waals surface area (Å²) in [5.74, 6) is -0.910. The molecule has 0 aliphatic heterocycles. The van der Waals surface area contributed by atoms with E-state index in [-0.39, 0.29) is 5.92 Å². The molecule has 0 aliphatic carbocycles. The molecule has 0 amide bonds. The third-order valence-corrected chi connectivity index (χ3v) is 1.57. The van der Waals surface area contributed by atoms with Crippen molar-refractivity contribution in [1.82, 2.24) is 0 Å². The maximum absolute atomic E-state index is 10.0. The fourth-order valence-corrected chi connectivity index (χ4v) is 0.285. The number of nitrogens with two attached hydrogens (primary N) is 1. The van der Waals surface area contributed by atoms with Crippen molar-refractivity contribution in [3.05, 3.63) is 12.7 Å². The lowest BCUT2D eigenvalue weighted by Crippen LogP contribution is -2.34. The van der Waals surface area contributed by atoms with Gasteiger partial charge >= 0.3 is 5.97 Å². The lowest BCUT2D eigenvalue weighted by molar-refractivity contribution is -0.139. The van der Waals surface area contributed by atoms with Gasteiger partial charge in [-0.15, -0.1) is 6.58 Å². The largest absolute Gasteiger partial charge is 0.480 e. The van der Waals surface area contributed by atoms with Crippen LogP contribution in [-0.2, 0) is 4.79 Å². The molecule has 0 heterocycles. The van der Waals surface area contributed by atoms with Gasteiger partial charge in [-0.25, -0.2) is 0 Å². The minimum atomic E-state index is -0.931. The number of hydrogen-bond acceptors (Lipinski definition) is 2. The van der Waals surface area contributed by atoms with Crippen molar-refractivity contribution in [2.45, 2.75) is 19.9 Å². The van der Waals surface area contributed by atoms with Gasteiger partial charge in [-0.1, -0.05) is 35.9 Å². The molecule has 72 valence electrons. The molecule has 0 saturated carbocycles. The van der Waals surface area contributed by atoms with Crippen molar-refractivity contribution in [3.8, 4) is 0 Å². The highest BCUT2D eigenvalue weighted by Crippen LogP contribution is 1.96. The Morgan fingerprint density at radius 2 is 2.08 bits per heavy atom. The molecule has 3 nitrogen and oxygen atoms in total. The van der Waals surface area contributed by atoms with Gasteiger partial charge in [0.25, 0.3) is 0 Å². The molecule has 0 radical (unpaired) electrons. The normalized spacial score (nSPS) is 11.4. The lowest BCUT2D eigenvalue weighted by Gasteiger charge is -2.07. The van der Waals surface area contributed by atoms with Crippen molar-refractivity contribution >= 4 is 21.9 Å². The molecule has 0 aromatic heterocycles. The SMILES string of the molecule is C=CCBr.CC(C)[C@H](N)C(=O)O. The van der Waals surface area contributed by atoms with Crippen molar-refractivity contribution < 1.29 is 9.90 Å². The maximum atomic E-state index is 10.0. The second-order valence-electron chi connectivity index (χ2n) is 2.55. The van der Waals surface area contributed by atoms with Crippen LogP contribution in [0.5, 0.6) is 0 Å². The van der Waals surface area contributed by atoms with Crippen LogP contribution in [0.1, 0.15) is 13.8 Å². The zero-order chi connectivity index (χ0) is 10.1. The van der Waals surface area contributed by atoms with Crippen LogP contribution < -0.4 is 5.73 Å². The first kappa shape index (κ1) is 14.2. The summed E-state index contributed by atoms with van der Waals surface area (Å²) in [6.45, 7) is 6.99. The molecule has 0 aromatic carbocycles. The number of halogens is 1. The summed E-state index contributed by atoms with van der Waals surface area (Å²) < 4.78 is 0. The Balaban J connectivity index is 0. The van der Waals surface area contributed by atoms with Crippen LogP contribution in [0.4, 0.5) is 0 Å². The fourth-order valence-electron chi connectivity index (χ4n) is 0.285. The van der Waals surface area contributed by atoms with Gasteiger partial charge in [0, 0.05) is 5.33 Å². The summed E-state index contributed by atoms with van der Waals surface area (Å²) in [5, 5.41) is 9.12. The number of aliphatic carboxylic acids is 1. The number of carboxylic acid groups (broad SMARTS) is 1. The summed E-state index contributed by atoms with van der Waals surface area (Å²) in [7, 11) is 0. The molecule has 3 N–H and O–H groups in total. The van der Waals surface area contributed by atoms with Gasteiger partial charge in [-0.3, -0.25) is 4.79 Å². The number of rotatable bonds is 3. The molecule has 4 heteroatoms. The first-order valence-corrected chi connectivity index (χ1v) is 4.74. The summed E-state index contributed by atoms with van der Waals surface area (Å²) in [6, 6.07) is -0.713. The molecule has 0 rings (SSSR count). The molecular weight excluding hydrogens is 222 g/mol. The highest BCUT2D eigenvalue weighted by Gasteiger charge is 2.14. The van der Waals surface area contributed by atoms with Crippen LogP contribution in [0.15, 0.2) is 12.7 Å². The Labute approximate surface area is 81.8 Å². The van der Waals surface area contributed by atoms with E-state index < -0.39 is 12.0 Å². The molecule has 0 saturated heterocycles. The van der Waals surface area contributed by atoms with Crippen molar-refractivity contribution in [2.75, 3.05) is 5.33 Å². The Morgan fingerprint density at radius 3 is 2.08 bits per heavy atom. The topological polar surface area (TPSA) is 63.3 Å². The van der Waals surface area contributed by atoms with E-state index in [1.165, 1.54) is 0 Å². The molecule has 0 unspecified atom stereocenters. The van der Waals surface area contributed by atoms with Gasteiger partial charge in [0.05, 0.1) is 0 Å². The first-order valence-electron chi connectivity index (χ1n) is 3.62. The molecule has 0 spiro atoms. The standard InChI is InChI=1S/C5H11NO2.C3H5Br/c1-3(2)4(6)5(7)8;1-2-3-4/h3-4H,6H2,1-2H3,(H,7,8);2H,1,3H2/t4-;/m0./s1. The molecule has 1 atom stereocenters. The van der Waals surface area contributed by atoms with Gasteiger partial charge in [0.2, 0.25) is 0 Å². The van der Waals surface area contributed by atoms with Gasteiger partial charge in [-0.05, 0) is 5.92 Å². The smallest absolute Gasteiger partial charge is 0.320 e. The average molecular weight is 238 g/mol. The predicted octanol–water partition coefficient (Wildman–Crippen LogP) is 1.62. The van der Waals surface area contributed by atoms with Gasteiger partial charge in [0.15, 0.2) is 0 Å². The van der Waals surface area contributed by atoms with Crippen LogP contribution in [0.25, 0.3) is 0 Å². The van der Waals surface area contributed by atoms with E-state index in [2.05, 4.69) is 22.5 Å². The van der Waals surface area contributed by atoms with Gasteiger partial charge in [0.1, 0.15) is 6.04 Å². The van der Waals surface area contributed by atoms with E-state index in [0.29, 0.717) is 0 Å². The monoisotopic (exact) mass is 237 g/mol. The Bertz CT molecular complexity index is 137. The molecule has 0 aromatic rings. The van der Waals surface area contributed by atoms with Gasteiger partial charge < -0.3 is 10.8 Å². The quantitative estimate of drug-likeness (QED) is 0.580. The lowest BCUT2D eigenvalue weighted by atomic mass is 10.1. The summed E-state index contributed by atoms with van der Waals surface area (Å²) >= 11 is 3.13. The number of allylic oxidation sites excluding steroid dienone is 1. The Kier molecular flexibility index (Phi) is 10.3. The summed E-state index contributed by atoms with van der Waals surface area (Å²) in [6.07, 6.45) is 1.79. The third kappa shape index (κ3) is 9.65. The maximum Gasteiger partial charge on any atom is 0.320 e.